The minimum Gasteiger partial charge on any atom is -0.493 e. The predicted molar refractivity (Wildman–Crippen MR) is 121 cm³/mol. The fourth-order valence-corrected chi connectivity index (χ4v) is 3.15. The van der Waals surface area contributed by atoms with E-state index in [1.54, 1.807) is 11.9 Å². The van der Waals surface area contributed by atoms with Crippen molar-refractivity contribution in [3.8, 4) is 5.75 Å². The molecule has 0 atom stereocenters. The van der Waals surface area contributed by atoms with Gasteiger partial charge in [-0.3, -0.25) is 4.99 Å². The van der Waals surface area contributed by atoms with Crippen LogP contribution in [0.3, 0.4) is 0 Å². The van der Waals surface area contributed by atoms with Crippen LogP contribution in [0.1, 0.15) is 31.9 Å². The summed E-state index contributed by atoms with van der Waals surface area (Å²) in [7, 11) is 1.76. The first kappa shape index (κ1) is 22.6. The van der Waals surface area contributed by atoms with E-state index in [-0.39, 0.29) is 36.1 Å². The van der Waals surface area contributed by atoms with Crippen LogP contribution in [0.15, 0.2) is 23.2 Å². The highest BCUT2D eigenvalue weighted by molar-refractivity contribution is 14.0. The van der Waals surface area contributed by atoms with Crippen molar-refractivity contribution in [3.05, 3.63) is 29.3 Å². The summed E-state index contributed by atoms with van der Waals surface area (Å²) in [4.78, 5) is 17.9. The van der Waals surface area contributed by atoms with Gasteiger partial charge in [0.2, 0.25) is 0 Å². The minimum atomic E-state index is -0.461. The number of fused-ring (bicyclic) bond motifs is 1. The number of halogens is 1. The highest BCUT2D eigenvalue weighted by Gasteiger charge is 2.34. The number of carbonyl (C=O) groups is 1. The second-order valence-electron chi connectivity index (χ2n) is 8.02. The summed E-state index contributed by atoms with van der Waals surface area (Å²) in [6.07, 6.45) is 1.65. The van der Waals surface area contributed by atoms with Crippen LogP contribution >= 0.6 is 24.0 Å². The van der Waals surface area contributed by atoms with Gasteiger partial charge in [0.05, 0.1) is 12.6 Å². The largest absolute Gasteiger partial charge is 0.493 e. The SMILES string of the molecule is CN=C(NCCc1ccc2c(c1)CCO2)NC1CN(C(=O)OC(C)(C)C)C1.I. The molecule has 3 rings (SSSR count). The zero-order chi connectivity index (χ0) is 19.4. The van der Waals surface area contributed by atoms with Gasteiger partial charge >= 0.3 is 6.09 Å². The molecule has 0 aromatic heterocycles. The van der Waals surface area contributed by atoms with E-state index in [0.29, 0.717) is 13.1 Å². The van der Waals surface area contributed by atoms with Gasteiger partial charge in [0.1, 0.15) is 11.4 Å². The van der Waals surface area contributed by atoms with Crippen LogP contribution in [-0.4, -0.2) is 61.9 Å². The molecule has 28 heavy (non-hydrogen) atoms. The monoisotopic (exact) mass is 502 g/mol. The van der Waals surface area contributed by atoms with Crippen LogP contribution < -0.4 is 15.4 Å². The second kappa shape index (κ2) is 9.67. The lowest BCUT2D eigenvalue weighted by molar-refractivity contribution is 0.00701. The van der Waals surface area contributed by atoms with E-state index >= 15 is 0 Å². The zero-order valence-corrected chi connectivity index (χ0v) is 19.4. The molecule has 1 amide bonds. The Morgan fingerprint density at radius 1 is 1.36 bits per heavy atom. The average molecular weight is 502 g/mol. The van der Waals surface area contributed by atoms with Crippen molar-refractivity contribution in [3.63, 3.8) is 0 Å². The average Bonchev–Trinajstić information content (AvgIpc) is 3.01. The molecule has 0 aliphatic carbocycles. The molecule has 0 bridgehead atoms. The third-order valence-corrected chi connectivity index (χ3v) is 4.56. The summed E-state index contributed by atoms with van der Waals surface area (Å²) in [5.74, 6) is 1.78. The molecule has 1 fully saturated rings. The maximum absolute atomic E-state index is 12.0. The van der Waals surface area contributed by atoms with Gasteiger partial charge in [0.15, 0.2) is 5.96 Å². The van der Waals surface area contributed by atoms with Crippen molar-refractivity contribution in [2.75, 3.05) is 33.3 Å². The Labute approximate surface area is 184 Å². The van der Waals surface area contributed by atoms with E-state index in [1.807, 2.05) is 20.8 Å². The number of carbonyl (C=O) groups excluding carboxylic acids is 1. The topological polar surface area (TPSA) is 75.2 Å². The summed E-state index contributed by atoms with van der Waals surface area (Å²) < 4.78 is 10.9. The molecule has 2 N–H and O–H groups in total. The quantitative estimate of drug-likeness (QED) is 0.376. The third-order valence-electron chi connectivity index (χ3n) is 4.56. The number of ether oxygens (including phenoxy) is 2. The highest BCUT2D eigenvalue weighted by atomic mass is 127. The van der Waals surface area contributed by atoms with Crippen molar-refractivity contribution in [2.24, 2.45) is 4.99 Å². The first-order valence-corrected chi connectivity index (χ1v) is 9.54. The number of amides is 1. The number of aliphatic imine (C=N–C) groups is 1. The highest BCUT2D eigenvalue weighted by Crippen LogP contribution is 2.25. The van der Waals surface area contributed by atoms with Gasteiger partial charge in [-0.1, -0.05) is 12.1 Å². The van der Waals surface area contributed by atoms with Crippen molar-refractivity contribution in [1.29, 1.82) is 0 Å². The number of benzene rings is 1. The van der Waals surface area contributed by atoms with E-state index in [0.717, 1.165) is 37.7 Å². The third kappa shape index (κ3) is 6.15. The molecule has 8 heteroatoms. The number of hydrogen-bond donors (Lipinski definition) is 2. The van der Waals surface area contributed by atoms with Gasteiger partial charge in [-0.25, -0.2) is 4.79 Å². The molecule has 0 spiro atoms. The van der Waals surface area contributed by atoms with Crippen molar-refractivity contribution < 1.29 is 14.3 Å². The Morgan fingerprint density at radius 2 is 2.11 bits per heavy atom. The van der Waals surface area contributed by atoms with Crippen LogP contribution in [0.5, 0.6) is 5.75 Å². The maximum atomic E-state index is 12.0. The number of hydrogen-bond acceptors (Lipinski definition) is 4. The van der Waals surface area contributed by atoms with Crippen molar-refractivity contribution in [1.82, 2.24) is 15.5 Å². The Morgan fingerprint density at radius 3 is 2.79 bits per heavy atom. The zero-order valence-electron chi connectivity index (χ0n) is 17.1. The molecule has 7 nitrogen and oxygen atoms in total. The summed E-state index contributed by atoms with van der Waals surface area (Å²) in [6, 6.07) is 6.60. The van der Waals surface area contributed by atoms with Gasteiger partial charge in [-0.2, -0.15) is 0 Å². The molecular formula is C20H31IN4O3. The number of rotatable bonds is 4. The first-order chi connectivity index (χ1) is 12.8. The van der Waals surface area contributed by atoms with E-state index in [2.05, 4.69) is 33.8 Å². The Kier molecular flexibility index (Phi) is 7.79. The summed E-state index contributed by atoms with van der Waals surface area (Å²) >= 11 is 0. The molecule has 156 valence electrons. The van der Waals surface area contributed by atoms with Crippen LogP contribution in [0.4, 0.5) is 4.79 Å². The Hall–Kier alpha value is -1.71. The van der Waals surface area contributed by atoms with Crippen molar-refractivity contribution in [2.45, 2.75) is 45.3 Å². The number of nitrogens with zero attached hydrogens (tertiary/aromatic N) is 2. The normalized spacial score (nSPS) is 16.4. The van der Waals surface area contributed by atoms with E-state index < -0.39 is 5.60 Å². The fraction of sp³-hybridized carbons (Fsp3) is 0.600. The second-order valence-corrected chi connectivity index (χ2v) is 8.02. The lowest BCUT2D eigenvalue weighted by Crippen LogP contribution is -2.63. The van der Waals surface area contributed by atoms with Crippen molar-refractivity contribution >= 4 is 36.0 Å². The van der Waals surface area contributed by atoms with Gasteiger partial charge in [0.25, 0.3) is 0 Å². The molecule has 1 aromatic carbocycles. The molecule has 2 aliphatic heterocycles. The first-order valence-electron chi connectivity index (χ1n) is 9.54. The lowest BCUT2D eigenvalue weighted by Gasteiger charge is -2.40. The number of likely N-dealkylation sites (tertiary alicyclic amines) is 1. The van der Waals surface area contributed by atoms with Gasteiger partial charge in [-0.15, -0.1) is 24.0 Å². The van der Waals surface area contributed by atoms with E-state index in [9.17, 15) is 4.79 Å². The summed E-state index contributed by atoms with van der Waals surface area (Å²) in [6.45, 7) is 8.46. The number of guanidine groups is 1. The van der Waals surface area contributed by atoms with Crippen LogP contribution in [0.2, 0.25) is 0 Å². The standard InChI is InChI=1S/C20H30N4O3.HI/c1-20(2,3)27-19(25)24-12-16(13-24)23-18(21-4)22-9-7-14-5-6-17-15(11-14)8-10-26-17;/h5-6,11,16H,7-10,12-13H2,1-4H3,(H2,21,22,23);1H. The smallest absolute Gasteiger partial charge is 0.410 e. The Bertz CT molecular complexity index is 712. The van der Waals surface area contributed by atoms with E-state index in [1.165, 1.54) is 11.1 Å². The fourth-order valence-electron chi connectivity index (χ4n) is 3.15. The molecule has 2 heterocycles. The molecule has 1 saturated heterocycles. The molecule has 0 radical (unpaired) electrons. The van der Waals surface area contributed by atoms with Crippen LogP contribution in [0.25, 0.3) is 0 Å². The predicted octanol–water partition coefficient (Wildman–Crippen LogP) is 2.57. The maximum Gasteiger partial charge on any atom is 0.410 e. The number of nitrogens with one attached hydrogen (secondary N) is 2. The van der Waals surface area contributed by atoms with Gasteiger partial charge < -0.3 is 25.0 Å². The molecule has 2 aliphatic rings. The lowest BCUT2D eigenvalue weighted by atomic mass is 10.1. The minimum absolute atomic E-state index is 0. The summed E-state index contributed by atoms with van der Waals surface area (Å²) in [5, 5.41) is 6.69. The van der Waals surface area contributed by atoms with Crippen LogP contribution in [-0.2, 0) is 17.6 Å². The van der Waals surface area contributed by atoms with Gasteiger partial charge in [-0.05, 0) is 44.4 Å². The molecule has 0 unspecified atom stereocenters. The van der Waals surface area contributed by atoms with Crippen LogP contribution in [0, 0.1) is 0 Å². The molecular weight excluding hydrogens is 471 g/mol. The van der Waals surface area contributed by atoms with Gasteiger partial charge in [0, 0.05) is 33.1 Å². The molecule has 1 aromatic rings. The molecule has 0 saturated carbocycles. The Balaban J connectivity index is 0.00000280. The van der Waals surface area contributed by atoms with E-state index in [4.69, 9.17) is 9.47 Å². The summed E-state index contributed by atoms with van der Waals surface area (Å²) in [5.41, 5.74) is 2.13.